The Morgan fingerprint density at radius 2 is 2.20 bits per heavy atom. The van der Waals surface area contributed by atoms with Crippen LogP contribution in [-0.4, -0.2) is 19.7 Å². The van der Waals surface area contributed by atoms with Crippen LogP contribution >= 0.6 is 0 Å². The second kappa shape index (κ2) is 4.72. The predicted molar refractivity (Wildman–Crippen MR) is 57.9 cm³/mol. The van der Waals surface area contributed by atoms with Crippen LogP contribution in [0.3, 0.4) is 0 Å². The summed E-state index contributed by atoms with van der Waals surface area (Å²) in [5.41, 5.74) is 4.94. The summed E-state index contributed by atoms with van der Waals surface area (Å²) in [5.74, 6) is 0. The van der Waals surface area contributed by atoms with Crippen molar-refractivity contribution in [3.63, 3.8) is 0 Å². The van der Waals surface area contributed by atoms with E-state index in [9.17, 15) is 8.42 Å². The highest BCUT2D eigenvalue weighted by atomic mass is 32.2. The van der Waals surface area contributed by atoms with Gasteiger partial charge in [-0.3, -0.25) is 0 Å². The Kier molecular flexibility index (Phi) is 3.82. The van der Waals surface area contributed by atoms with Crippen molar-refractivity contribution < 1.29 is 14.2 Å². The van der Waals surface area contributed by atoms with Crippen molar-refractivity contribution in [3.05, 3.63) is 23.9 Å². The van der Waals surface area contributed by atoms with Crippen LogP contribution in [0.4, 0.5) is 0 Å². The van der Waals surface area contributed by atoms with Crippen molar-refractivity contribution in [1.82, 2.24) is 4.98 Å². The molecule has 0 spiro atoms. The topological polar surface area (TPSA) is 74.7 Å². The summed E-state index contributed by atoms with van der Waals surface area (Å²) in [6.45, 7) is 2.08. The molecule has 0 radical (unpaired) electrons. The predicted octanol–water partition coefficient (Wildman–Crippen LogP) is 0.568. The molecule has 1 rings (SSSR count). The van der Waals surface area contributed by atoms with E-state index in [0.717, 1.165) is 24.7 Å². The third kappa shape index (κ3) is 3.28. The van der Waals surface area contributed by atoms with Gasteiger partial charge in [-0.25, -0.2) is 13.4 Å². The molecule has 0 saturated carbocycles. The minimum absolute atomic E-state index is 0.129. The Morgan fingerprint density at radius 3 is 2.73 bits per heavy atom. The van der Waals surface area contributed by atoms with Gasteiger partial charge in [0, 0.05) is 24.4 Å². The van der Waals surface area contributed by atoms with Crippen LogP contribution in [0.25, 0.3) is 0 Å². The van der Waals surface area contributed by atoms with Crippen molar-refractivity contribution in [2.45, 2.75) is 30.8 Å². The van der Waals surface area contributed by atoms with Crippen LogP contribution in [0, 0.1) is 0 Å². The van der Waals surface area contributed by atoms with Crippen molar-refractivity contribution in [1.29, 1.82) is 0 Å². The van der Waals surface area contributed by atoms with Gasteiger partial charge in [-0.1, -0.05) is 13.3 Å². The lowest BCUT2D eigenvalue weighted by Crippen LogP contribution is -2.53. The van der Waals surface area contributed by atoms with E-state index in [4.69, 9.17) is 0 Å². The summed E-state index contributed by atoms with van der Waals surface area (Å²) in [4.78, 5) is 3.84. The fourth-order valence-electron chi connectivity index (χ4n) is 1.40. The zero-order valence-corrected chi connectivity index (χ0v) is 9.92. The molecule has 0 bridgehead atoms. The van der Waals surface area contributed by atoms with E-state index in [2.05, 4.69) is 17.6 Å². The van der Waals surface area contributed by atoms with Gasteiger partial charge in [0.15, 0.2) is 14.9 Å². The lowest BCUT2D eigenvalue weighted by atomic mass is 10.1. The van der Waals surface area contributed by atoms with Gasteiger partial charge in [0.25, 0.3) is 0 Å². The van der Waals surface area contributed by atoms with E-state index in [1.165, 1.54) is 6.20 Å². The van der Waals surface area contributed by atoms with Crippen molar-refractivity contribution >= 4 is 9.84 Å². The van der Waals surface area contributed by atoms with E-state index in [1.54, 1.807) is 6.07 Å². The molecule has 84 valence electrons. The molecule has 1 aromatic heterocycles. The molecule has 1 aromatic rings. The molecule has 0 unspecified atom stereocenters. The van der Waals surface area contributed by atoms with E-state index in [-0.39, 0.29) is 11.1 Å². The van der Waals surface area contributed by atoms with Crippen molar-refractivity contribution in [3.8, 4) is 0 Å². The Balaban J connectivity index is 3.03. The van der Waals surface area contributed by atoms with Crippen LogP contribution < -0.4 is 5.73 Å². The lowest BCUT2D eigenvalue weighted by molar-refractivity contribution is -0.428. The molecule has 0 aliphatic carbocycles. The second-order valence-electron chi connectivity index (χ2n) is 3.69. The summed E-state index contributed by atoms with van der Waals surface area (Å²) >= 11 is 0. The van der Waals surface area contributed by atoms with Gasteiger partial charge < -0.3 is 5.73 Å². The molecule has 1 atom stereocenters. The number of quaternary nitrogens is 1. The third-order valence-electron chi connectivity index (χ3n) is 2.25. The van der Waals surface area contributed by atoms with Crippen LogP contribution in [0.1, 0.15) is 31.4 Å². The summed E-state index contributed by atoms with van der Waals surface area (Å²) in [6.07, 6.45) is 4.68. The highest BCUT2D eigenvalue weighted by Gasteiger charge is 2.13. The fraction of sp³-hybridized carbons (Fsp3) is 0.500. The van der Waals surface area contributed by atoms with Gasteiger partial charge in [0.1, 0.15) is 6.04 Å². The summed E-state index contributed by atoms with van der Waals surface area (Å²) in [6, 6.07) is 3.57. The molecule has 4 nitrogen and oxygen atoms in total. The summed E-state index contributed by atoms with van der Waals surface area (Å²) < 4.78 is 22.6. The minimum atomic E-state index is -3.21. The first-order chi connectivity index (χ1) is 6.95. The number of rotatable bonds is 4. The van der Waals surface area contributed by atoms with Crippen LogP contribution in [-0.2, 0) is 9.84 Å². The molecule has 0 aromatic carbocycles. The maximum Gasteiger partial charge on any atom is 0.192 e. The van der Waals surface area contributed by atoms with Gasteiger partial charge >= 0.3 is 0 Å². The maximum atomic E-state index is 11.3. The Hall–Kier alpha value is -0.940. The molecule has 0 aliphatic rings. The monoisotopic (exact) mass is 229 g/mol. The van der Waals surface area contributed by atoms with Gasteiger partial charge in [0.05, 0.1) is 0 Å². The smallest absolute Gasteiger partial charge is 0.192 e. The number of sulfone groups is 1. The Bertz CT molecular complexity index is 429. The highest BCUT2D eigenvalue weighted by molar-refractivity contribution is 7.90. The number of nitrogens with zero attached hydrogens (tertiary/aromatic N) is 1. The molecular weight excluding hydrogens is 212 g/mol. The van der Waals surface area contributed by atoms with Gasteiger partial charge in [-0.05, 0) is 12.1 Å². The van der Waals surface area contributed by atoms with E-state index < -0.39 is 9.84 Å². The number of aromatic nitrogens is 1. The molecule has 1 heterocycles. The highest BCUT2D eigenvalue weighted by Crippen LogP contribution is 2.16. The normalized spacial score (nSPS) is 13.8. The molecule has 0 saturated heterocycles. The Morgan fingerprint density at radius 1 is 1.53 bits per heavy atom. The first-order valence-corrected chi connectivity index (χ1v) is 6.83. The van der Waals surface area contributed by atoms with E-state index >= 15 is 0 Å². The number of hydrogen-bond donors (Lipinski definition) is 1. The zero-order valence-electron chi connectivity index (χ0n) is 9.10. The van der Waals surface area contributed by atoms with Gasteiger partial charge in [0.2, 0.25) is 0 Å². The SMILES string of the molecule is CCC[C@H]([NH3+])c1ccnc(S(C)(=O)=O)c1. The molecule has 3 N–H and O–H groups in total. The van der Waals surface area contributed by atoms with Crippen LogP contribution in [0.15, 0.2) is 23.4 Å². The van der Waals surface area contributed by atoms with Crippen LogP contribution in [0.5, 0.6) is 0 Å². The van der Waals surface area contributed by atoms with Crippen LogP contribution in [0.2, 0.25) is 0 Å². The van der Waals surface area contributed by atoms with E-state index in [0.29, 0.717) is 0 Å². The molecular formula is C10H17N2O2S+. The number of hydrogen-bond acceptors (Lipinski definition) is 3. The van der Waals surface area contributed by atoms with Gasteiger partial charge in [-0.2, -0.15) is 0 Å². The average molecular weight is 229 g/mol. The average Bonchev–Trinajstić information content (AvgIpc) is 2.17. The third-order valence-corrected chi connectivity index (χ3v) is 3.23. The molecule has 0 amide bonds. The lowest BCUT2D eigenvalue weighted by Gasteiger charge is -2.07. The number of pyridine rings is 1. The van der Waals surface area contributed by atoms with Crippen molar-refractivity contribution in [2.24, 2.45) is 0 Å². The summed E-state index contributed by atoms with van der Waals surface area (Å²) in [7, 11) is -3.21. The second-order valence-corrected chi connectivity index (χ2v) is 5.65. The molecule has 0 fully saturated rings. The molecule has 15 heavy (non-hydrogen) atoms. The van der Waals surface area contributed by atoms with Gasteiger partial charge in [-0.15, -0.1) is 0 Å². The summed E-state index contributed by atoms with van der Waals surface area (Å²) in [5, 5.41) is 0.129. The molecule has 5 heteroatoms. The van der Waals surface area contributed by atoms with Crippen molar-refractivity contribution in [2.75, 3.05) is 6.26 Å². The fourth-order valence-corrected chi connectivity index (χ4v) is 2.00. The Labute approximate surface area is 90.4 Å². The zero-order chi connectivity index (χ0) is 11.5. The first-order valence-electron chi connectivity index (χ1n) is 4.94. The quantitative estimate of drug-likeness (QED) is 0.820. The molecule has 0 aliphatic heterocycles. The van der Waals surface area contributed by atoms with E-state index in [1.807, 2.05) is 6.07 Å². The minimum Gasteiger partial charge on any atom is -0.351 e. The maximum absolute atomic E-state index is 11.3. The largest absolute Gasteiger partial charge is 0.351 e. The standard InChI is InChI=1S/C10H16N2O2S/c1-3-4-9(11)8-5-6-12-10(7-8)15(2,13)14/h5-7,9H,3-4,11H2,1-2H3/p+1/t9-/m0/s1. The first kappa shape index (κ1) is 12.1.